The molecule has 0 unspecified atom stereocenters. The molecule has 0 saturated heterocycles. The Labute approximate surface area is 97.1 Å². The second-order valence-electron chi connectivity index (χ2n) is 3.23. The van der Waals surface area contributed by atoms with Crippen molar-refractivity contribution in [3.63, 3.8) is 0 Å². The molecule has 0 aliphatic carbocycles. The fraction of sp³-hybridized carbons (Fsp3) is 0.182. The summed E-state index contributed by atoms with van der Waals surface area (Å²) in [6, 6.07) is 10.7. The summed E-state index contributed by atoms with van der Waals surface area (Å²) in [6.07, 6.45) is 3.93. The van der Waals surface area contributed by atoms with Crippen LogP contribution in [0.2, 0.25) is 0 Å². The van der Waals surface area contributed by atoms with Gasteiger partial charge in [-0.3, -0.25) is 4.68 Å². The van der Waals surface area contributed by atoms with Crippen LogP contribution in [-0.2, 0) is 0 Å². The lowest BCUT2D eigenvalue weighted by molar-refractivity contribution is 0.564. The zero-order chi connectivity index (χ0) is 9.97. The minimum Gasteiger partial charge on any atom is -0.264 e. The fourth-order valence-corrected chi connectivity index (χ4v) is 1.82. The SMILES string of the molecule is C[C@H](c1ccccc1)n1cc(I)cn1. The maximum Gasteiger partial charge on any atom is 0.0740 e. The van der Waals surface area contributed by atoms with Crippen LogP contribution in [0.25, 0.3) is 0 Å². The molecule has 14 heavy (non-hydrogen) atoms. The van der Waals surface area contributed by atoms with Crippen molar-refractivity contribution in [3.8, 4) is 0 Å². The van der Waals surface area contributed by atoms with Crippen molar-refractivity contribution >= 4 is 22.6 Å². The Morgan fingerprint density at radius 1 is 1.29 bits per heavy atom. The largest absolute Gasteiger partial charge is 0.264 e. The molecule has 2 nitrogen and oxygen atoms in total. The van der Waals surface area contributed by atoms with Gasteiger partial charge in [0, 0.05) is 6.20 Å². The molecule has 0 fully saturated rings. The molecule has 0 aliphatic rings. The quantitative estimate of drug-likeness (QED) is 0.779. The lowest BCUT2D eigenvalue weighted by Gasteiger charge is -2.11. The Morgan fingerprint density at radius 3 is 2.57 bits per heavy atom. The van der Waals surface area contributed by atoms with Crippen LogP contribution < -0.4 is 0 Å². The predicted octanol–water partition coefficient (Wildman–Crippen LogP) is 3.10. The van der Waals surface area contributed by atoms with E-state index in [1.54, 1.807) is 0 Å². The summed E-state index contributed by atoms with van der Waals surface area (Å²) in [5.74, 6) is 0. The van der Waals surface area contributed by atoms with Crippen LogP contribution in [0.1, 0.15) is 18.5 Å². The maximum atomic E-state index is 4.30. The number of halogens is 1. The molecule has 1 aromatic heterocycles. The molecule has 1 atom stereocenters. The standard InChI is InChI=1S/C11H11IN2/c1-9(10-5-3-2-4-6-10)14-8-11(12)7-13-14/h2-9H,1H3/t9-/m1/s1. The summed E-state index contributed by atoms with van der Waals surface area (Å²) in [4.78, 5) is 0. The Kier molecular flexibility index (Phi) is 2.86. The molecule has 0 spiro atoms. The minimum atomic E-state index is 0.305. The summed E-state index contributed by atoms with van der Waals surface area (Å²) >= 11 is 2.27. The van der Waals surface area contributed by atoms with Crippen molar-refractivity contribution in [2.24, 2.45) is 0 Å². The first-order valence-corrected chi connectivity index (χ1v) is 5.60. The number of hydrogen-bond donors (Lipinski definition) is 0. The smallest absolute Gasteiger partial charge is 0.0740 e. The molecule has 72 valence electrons. The van der Waals surface area contributed by atoms with Crippen molar-refractivity contribution in [1.82, 2.24) is 9.78 Å². The third kappa shape index (κ3) is 1.97. The molecule has 0 radical (unpaired) electrons. The molecular weight excluding hydrogens is 287 g/mol. The highest BCUT2D eigenvalue weighted by Gasteiger charge is 2.07. The van der Waals surface area contributed by atoms with Gasteiger partial charge in [0.2, 0.25) is 0 Å². The zero-order valence-corrected chi connectivity index (χ0v) is 10.0. The van der Waals surface area contributed by atoms with Crippen LogP contribution in [0.5, 0.6) is 0 Å². The topological polar surface area (TPSA) is 17.8 Å². The average Bonchev–Trinajstić information content (AvgIpc) is 2.65. The van der Waals surface area contributed by atoms with Gasteiger partial charge in [0.1, 0.15) is 0 Å². The van der Waals surface area contributed by atoms with Crippen LogP contribution in [0.15, 0.2) is 42.7 Å². The summed E-state index contributed by atoms with van der Waals surface area (Å²) in [5, 5.41) is 4.30. The van der Waals surface area contributed by atoms with Crippen LogP contribution in [-0.4, -0.2) is 9.78 Å². The Hall–Kier alpha value is -0.840. The van der Waals surface area contributed by atoms with Gasteiger partial charge in [-0.1, -0.05) is 30.3 Å². The molecule has 0 N–H and O–H groups in total. The molecule has 0 bridgehead atoms. The highest BCUT2D eigenvalue weighted by Crippen LogP contribution is 2.17. The van der Waals surface area contributed by atoms with Gasteiger partial charge in [-0.15, -0.1) is 0 Å². The normalized spacial score (nSPS) is 12.7. The highest BCUT2D eigenvalue weighted by atomic mass is 127. The second-order valence-corrected chi connectivity index (χ2v) is 4.47. The van der Waals surface area contributed by atoms with Gasteiger partial charge >= 0.3 is 0 Å². The van der Waals surface area contributed by atoms with E-state index in [-0.39, 0.29) is 0 Å². The van der Waals surface area contributed by atoms with E-state index in [2.05, 4.69) is 65.1 Å². The summed E-state index contributed by atoms with van der Waals surface area (Å²) in [5.41, 5.74) is 1.28. The van der Waals surface area contributed by atoms with Crippen LogP contribution in [0.4, 0.5) is 0 Å². The van der Waals surface area contributed by atoms with E-state index in [4.69, 9.17) is 0 Å². The van der Waals surface area contributed by atoms with Crippen LogP contribution in [0, 0.1) is 3.57 Å². The van der Waals surface area contributed by atoms with Gasteiger partial charge in [0.25, 0.3) is 0 Å². The highest BCUT2D eigenvalue weighted by molar-refractivity contribution is 14.1. The van der Waals surface area contributed by atoms with E-state index in [0.29, 0.717) is 6.04 Å². The fourth-order valence-electron chi connectivity index (χ4n) is 1.41. The minimum absolute atomic E-state index is 0.305. The van der Waals surface area contributed by atoms with E-state index in [1.807, 2.05) is 16.9 Å². The molecule has 0 saturated carbocycles. The monoisotopic (exact) mass is 298 g/mol. The lowest BCUT2D eigenvalue weighted by Crippen LogP contribution is -2.06. The van der Waals surface area contributed by atoms with Gasteiger partial charge in [0.05, 0.1) is 15.8 Å². The van der Waals surface area contributed by atoms with Gasteiger partial charge < -0.3 is 0 Å². The third-order valence-electron chi connectivity index (χ3n) is 2.25. The predicted molar refractivity (Wildman–Crippen MR) is 65.2 cm³/mol. The van der Waals surface area contributed by atoms with E-state index >= 15 is 0 Å². The lowest BCUT2D eigenvalue weighted by atomic mass is 10.1. The van der Waals surface area contributed by atoms with Crippen molar-refractivity contribution in [2.75, 3.05) is 0 Å². The number of rotatable bonds is 2. The molecule has 0 amide bonds. The van der Waals surface area contributed by atoms with E-state index in [0.717, 1.165) is 0 Å². The van der Waals surface area contributed by atoms with E-state index in [9.17, 15) is 0 Å². The number of nitrogens with zero attached hydrogens (tertiary/aromatic N) is 2. The van der Waals surface area contributed by atoms with Crippen molar-refractivity contribution in [1.29, 1.82) is 0 Å². The molecule has 3 heteroatoms. The van der Waals surface area contributed by atoms with Crippen molar-refractivity contribution in [3.05, 3.63) is 51.9 Å². The summed E-state index contributed by atoms with van der Waals surface area (Å²) in [6.45, 7) is 2.15. The maximum absolute atomic E-state index is 4.30. The molecule has 2 rings (SSSR count). The van der Waals surface area contributed by atoms with Crippen molar-refractivity contribution in [2.45, 2.75) is 13.0 Å². The summed E-state index contributed by atoms with van der Waals surface area (Å²) in [7, 11) is 0. The zero-order valence-electron chi connectivity index (χ0n) is 7.89. The van der Waals surface area contributed by atoms with Gasteiger partial charge in [-0.25, -0.2) is 0 Å². The molecule has 1 heterocycles. The van der Waals surface area contributed by atoms with Gasteiger partial charge in [-0.2, -0.15) is 5.10 Å². The number of hydrogen-bond acceptors (Lipinski definition) is 1. The Balaban J connectivity index is 2.29. The van der Waals surface area contributed by atoms with Crippen LogP contribution in [0.3, 0.4) is 0 Å². The van der Waals surface area contributed by atoms with Gasteiger partial charge in [0.15, 0.2) is 0 Å². The Bertz CT molecular complexity index is 408. The Morgan fingerprint density at radius 2 is 2.00 bits per heavy atom. The van der Waals surface area contributed by atoms with Gasteiger partial charge in [-0.05, 0) is 35.1 Å². The first-order chi connectivity index (χ1) is 6.77. The number of benzene rings is 1. The first-order valence-electron chi connectivity index (χ1n) is 4.52. The molecule has 2 aromatic rings. The molecule has 1 aromatic carbocycles. The summed E-state index contributed by atoms with van der Waals surface area (Å²) < 4.78 is 3.15. The number of aromatic nitrogens is 2. The van der Waals surface area contributed by atoms with Crippen LogP contribution >= 0.6 is 22.6 Å². The van der Waals surface area contributed by atoms with E-state index in [1.165, 1.54) is 9.13 Å². The molecule has 0 aliphatic heterocycles. The average molecular weight is 298 g/mol. The second kappa shape index (κ2) is 4.13. The molecular formula is C11H11IN2. The van der Waals surface area contributed by atoms with Crippen molar-refractivity contribution < 1.29 is 0 Å². The third-order valence-corrected chi connectivity index (χ3v) is 2.81. The van der Waals surface area contributed by atoms with E-state index < -0.39 is 0 Å². The first kappa shape index (κ1) is 9.71.